The summed E-state index contributed by atoms with van der Waals surface area (Å²) < 4.78 is 71.9. The quantitative estimate of drug-likeness (QED) is 0.425. The lowest BCUT2D eigenvalue weighted by Crippen LogP contribution is -2.21. The fraction of sp³-hybridized carbons (Fsp3) is 0.105. The monoisotopic (exact) mass is 442 g/mol. The predicted molar refractivity (Wildman–Crippen MR) is 97.3 cm³/mol. The second-order valence-electron chi connectivity index (χ2n) is 6.10. The minimum Gasteiger partial charge on any atom is -0.475 e. The number of pyridine rings is 1. The number of nitrogens with zero attached hydrogens (tertiary/aromatic N) is 3. The van der Waals surface area contributed by atoms with E-state index < -0.39 is 23.9 Å². The molecule has 31 heavy (non-hydrogen) atoms. The fourth-order valence-electron chi connectivity index (χ4n) is 2.61. The van der Waals surface area contributed by atoms with Gasteiger partial charge in [0.15, 0.2) is 0 Å². The number of H-pyrrole nitrogens is 1. The summed E-state index contributed by atoms with van der Waals surface area (Å²) >= 11 is 0. The second-order valence-corrected chi connectivity index (χ2v) is 6.10. The van der Waals surface area contributed by atoms with E-state index in [2.05, 4.69) is 15.1 Å². The van der Waals surface area contributed by atoms with Crippen molar-refractivity contribution in [2.24, 2.45) is 0 Å². The fourth-order valence-corrected chi connectivity index (χ4v) is 2.61. The average molecular weight is 442 g/mol. The van der Waals surface area contributed by atoms with Gasteiger partial charge in [-0.2, -0.15) is 31.4 Å². The molecule has 4 rings (SSSR count). The molecule has 0 aliphatic heterocycles. The number of carboxylic acids is 1. The Hall–Kier alpha value is -3.83. The molecular formula is C19H12F6N4O2. The molecule has 0 spiro atoms. The number of hydrogen-bond acceptors (Lipinski definition) is 3. The maximum atomic E-state index is 12.9. The van der Waals surface area contributed by atoms with Gasteiger partial charge in [-0.15, -0.1) is 0 Å². The van der Waals surface area contributed by atoms with Crippen LogP contribution in [0.1, 0.15) is 5.56 Å². The number of aromatic amines is 1. The summed E-state index contributed by atoms with van der Waals surface area (Å²) in [4.78, 5) is 16.1. The maximum Gasteiger partial charge on any atom is 0.490 e. The Morgan fingerprint density at radius 3 is 2.39 bits per heavy atom. The van der Waals surface area contributed by atoms with Gasteiger partial charge < -0.3 is 10.1 Å². The van der Waals surface area contributed by atoms with Crippen LogP contribution in [0.4, 0.5) is 26.3 Å². The smallest absolute Gasteiger partial charge is 0.475 e. The molecule has 162 valence electrons. The zero-order chi connectivity index (χ0) is 22.8. The Morgan fingerprint density at radius 1 is 1.03 bits per heavy atom. The number of halogens is 6. The van der Waals surface area contributed by atoms with E-state index in [1.807, 2.05) is 6.07 Å². The van der Waals surface area contributed by atoms with Crippen molar-refractivity contribution >= 4 is 17.0 Å². The molecule has 2 N–H and O–H groups in total. The number of fused-ring (bicyclic) bond motifs is 1. The molecular weight excluding hydrogens is 430 g/mol. The van der Waals surface area contributed by atoms with Crippen molar-refractivity contribution < 1.29 is 36.2 Å². The molecule has 0 atom stereocenters. The summed E-state index contributed by atoms with van der Waals surface area (Å²) in [6.45, 7) is 0. The van der Waals surface area contributed by atoms with E-state index in [0.717, 1.165) is 28.9 Å². The third-order valence-electron chi connectivity index (χ3n) is 4.00. The number of aromatic nitrogens is 4. The van der Waals surface area contributed by atoms with E-state index in [1.54, 1.807) is 41.5 Å². The van der Waals surface area contributed by atoms with Crippen LogP contribution in [0.2, 0.25) is 0 Å². The molecule has 0 fully saturated rings. The summed E-state index contributed by atoms with van der Waals surface area (Å²) in [6, 6.07) is 10.5. The first kappa shape index (κ1) is 21.9. The van der Waals surface area contributed by atoms with Gasteiger partial charge in [0.05, 0.1) is 16.9 Å². The summed E-state index contributed by atoms with van der Waals surface area (Å²) in [6.07, 6.45) is -4.31. The summed E-state index contributed by atoms with van der Waals surface area (Å²) in [5, 5.41) is 12.4. The molecule has 0 radical (unpaired) electrons. The van der Waals surface area contributed by atoms with Crippen LogP contribution in [0.15, 0.2) is 61.1 Å². The van der Waals surface area contributed by atoms with E-state index in [9.17, 15) is 26.3 Å². The predicted octanol–water partition coefficient (Wildman–Crippen LogP) is 5.07. The lowest BCUT2D eigenvalue weighted by molar-refractivity contribution is -0.192. The van der Waals surface area contributed by atoms with Gasteiger partial charge in [-0.05, 0) is 30.3 Å². The van der Waals surface area contributed by atoms with Crippen molar-refractivity contribution in [3.05, 3.63) is 66.6 Å². The Balaban J connectivity index is 0.000000339. The summed E-state index contributed by atoms with van der Waals surface area (Å²) in [5.41, 5.74) is 1.74. The highest BCUT2D eigenvalue weighted by Crippen LogP contribution is 2.32. The highest BCUT2D eigenvalue weighted by atomic mass is 19.4. The first-order chi connectivity index (χ1) is 14.5. The number of rotatable bonds is 2. The lowest BCUT2D eigenvalue weighted by atomic mass is 10.1. The first-order valence-electron chi connectivity index (χ1n) is 8.42. The molecule has 3 aromatic heterocycles. The van der Waals surface area contributed by atoms with E-state index in [1.165, 1.54) is 6.07 Å². The van der Waals surface area contributed by atoms with Crippen molar-refractivity contribution in [3.63, 3.8) is 0 Å². The molecule has 6 nitrogen and oxygen atoms in total. The zero-order valence-electron chi connectivity index (χ0n) is 15.2. The molecule has 12 heteroatoms. The molecule has 0 bridgehead atoms. The highest BCUT2D eigenvalue weighted by molar-refractivity contribution is 5.84. The number of carbonyl (C=O) groups is 1. The van der Waals surface area contributed by atoms with Gasteiger partial charge in [-0.1, -0.05) is 12.1 Å². The van der Waals surface area contributed by atoms with E-state index in [-0.39, 0.29) is 0 Å². The summed E-state index contributed by atoms with van der Waals surface area (Å²) in [5.74, 6) is -2.76. The Morgan fingerprint density at radius 2 is 1.74 bits per heavy atom. The lowest BCUT2D eigenvalue weighted by Gasteiger charge is -2.07. The topological polar surface area (TPSA) is 83.8 Å². The number of nitrogens with one attached hydrogen (secondary N) is 1. The van der Waals surface area contributed by atoms with Crippen LogP contribution >= 0.6 is 0 Å². The minimum absolute atomic E-state index is 0.419. The summed E-state index contributed by atoms with van der Waals surface area (Å²) in [7, 11) is 0. The first-order valence-corrected chi connectivity index (χ1v) is 8.42. The number of hydrogen-bond donors (Lipinski definition) is 2. The van der Waals surface area contributed by atoms with Gasteiger partial charge in [0.1, 0.15) is 5.65 Å². The van der Waals surface area contributed by atoms with Crippen molar-refractivity contribution in [2.75, 3.05) is 0 Å². The Labute approximate surface area is 169 Å². The number of aliphatic carboxylic acids is 1. The van der Waals surface area contributed by atoms with Crippen LogP contribution in [0.3, 0.4) is 0 Å². The standard InChI is InChI=1S/C17H11F3N4.C2HF3O2/c18-17(19,20)12-3-1-2-11(10-12)14-6-9-24(23-14)15-5-8-22-16-13(15)4-7-21-16;3-2(4,5)1(6)7/h1-10H,(H,21,22);(H,6,7). The highest BCUT2D eigenvalue weighted by Gasteiger charge is 2.38. The average Bonchev–Trinajstić information content (AvgIpc) is 3.36. The van der Waals surface area contributed by atoms with Gasteiger partial charge in [0.2, 0.25) is 0 Å². The van der Waals surface area contributed by atoms with Gasteiger partial charge in [0, 0.05) is 29.5 Å². The SMILES string of the molecule is FC(F)(F)c1cccc(-c2ccn(-c3ccnc4[nH]ccc34)n2)c1.O=C(O)C(F)(F)F. The molecule has 0 unspecified atom stereocenters. The molecule has 0 aliphatic rings. The van der Waals surface area contributed by atoms with E-state index in [4.69, 9.17) is 9.90 Å². The molecule has 3 heterocycles. The third-order valence-corrected chi connectivity index (χ3v) is 4.00. The Bertz CT molecular complexity index is 1210. The molecule has 1 aromatic carbocycles. The van der Waals surface area contributed by atoms with Crippen LogP contribution in [0, 0.1) is 0 Å². The third kappa shape index (κ3) is 5.02. The molecule has 0 aliphatic carbocycles. The normalized spacial score (nSPS) is 11.8. The number of carboxylic acid groups (broad SMARTS) is 1. The van der Waals surface area contributed by atoms with Gasteiger partial charge in [0.25, 0.3) is 0 Å². The van der Waals surface area contributed by atoms with Crippen LogP contribution < -0.4 is 0 Å². The maximum absolute atomic E-state index is 12.9. The van der Waals surface area contributed by atoms with Crippen LogP contribution in [-0.2, 0) is 11.0 Å². The van der Waals surface area contributed by atoms with Gasteiger partial charge in [-0.25, -0.2) is 14.5 Å². The van der Waals surface area contributed by atoms with Crippen LogP contribution in [0.25, 0.3) is 28.0 Å². The second kappa shape index (κ2) is 8.13. The van der Waals surface area contributed by atoms with Crippen molar-refractivity contribution in [3.8, 4) is 16.9 Å². The van der Waals surface area contributed by atoms with Crippen LogP contribution in [0.5, 0.6) is 0 Å². The largest absolute Gasteiger partial charge is 0.490 e. The van der Waals surface area contributed by atoms with E-state index >= 15 is 0 Å². The van der Waals surface area contributed by atoms with E-state index in [0.29, 0.717) is 11.3 Å². The van der Waals surface area contributed by atoms with Crippen molar-refractivity contribution in [1.82, 2.24) is 19.7 Å². The molecule has 0 saturated heterocycles. The number of alkyl halides is 6. The Kier molecular flexibility index (Phi) is 5.73. The van der Waals surface area contributed by atoms with Crippen LogP contribution in [-0.4, -0.2) is 37.0 Å². The zero-order valence-corrected chi connectivity index (χ0v) is 15.2. The number of benzene rings is 1. The molecule has 4 aromatic rings. The molecule has 0 amide bonds. The van der Waals surface area contributed by atoms with Gasteiger partial charge in [-0.3, -0.25) is 0 Å². The van der Waals surface area contributed by atoms with Crippen molar-refractivity contribution in [2.45, 2.75) is 12.4 Å². The molecule has 0 saturated carbocycles. The van der Waals surface area contributed by atoms with Gasteiger partial charge >= 0.3 is 18.3 Å². The van der Waals surface area contributed by atoms with Crippen molar-refractivity contribution in [1.29, 1.82) is 0 Å². The minimum atomic E-state index is -5.08.